The molecule has 1 fully saturated rings. The molecule has 7 heteroatoms. The van der Waals surface area contributed by atoms with E-state index in [1.54, 1.807) is 6.26 Å². The second-order valence-electron chi connectivity index (χ2n) is 8.23. The van der Waals surface area contributed by atoms with Crippen LogP contribution in [0.25, 0.3) is 17.1 Å². The molecule has 1 N–H and O–H groups in total. The van der Waals surface area contributed by atoms with Crippen molar-refractivity contribution in [3.63, 3.8) is 0 Å². The van der Waals surface area contributed by atoms with E-state index in [4.69, 9.17) is 21.1 Å². The third-order valence-electron chi connectivity index (χ3n) is 6.01. The molecule has 33 heavy (non-hydrogen) atoms. The molecule has 2 aromatic heterocycles. The maximum atomic E-state index is 6.01. The van der Waals surface area contributed by atoms with Crippen LogP contribution in [0.3, 0.4) is 0 Å². The first-order chi connectivity index (χ1) is 16.3. The molecule has 6 nitrogen and oxygen atoms in total. The number of para-hydroxylation sites is 1. The summed E-state index contributed by atoms with van der Waals surface area (Å²) in [5.41, 5.74) is 4.23. The largest absolute Gasteiger partial charge is 0.463 e. The third-order valence-corrected chi connectivity index (χ3v) is 6.26. The van der Waals surface area contributed by atoms with E-state index in [9.17, 15) is 0 Å². The fourth-order valence-corrected chi connectivity index (χ4v) is 4.34. The first-order valence-corrected chi connectivity index (χ1v) is 11.8. The molecule has 1 aliphatic rings. The van der Waals surface area contributed by atoms with Crippen molar-refractivity contribution in [2.45, 2.75) is 6.54 Å². The lowest BCUT2D eigenvalue weighted by molar-refractivity contribution is 0.257. The van der Waals surface area contributed by atoms with Gasteiger partial charge in [0.2, 0.25) is 0 Å². The summed E-state index contributed by atoms with van der Waals surface area (Å²) in [6, 6.07) is 24.3. The van der Waals surface area contributed by atoms with E-state index < -0.39 is 0 Å². The van der Waals surface area contributed by atoms with Crippen LogP contribution in [-0.4, -0.2) is 53.9 Å². The fraction of sp³-hybridized carbons (Fsp3) is 0.269. The summed E-state index contributed by atoms with van der Waals surface area (Å²) in [4.78, 5) is 4.93. The van der Waals surface area contributed by atoms with Crippen LogP contribution in [0.15, 0.2) is 83.5 Å². The Hall–Kier alpha value is -3.06. The van der Waals surface area contributed by atoms with Crippen molar-refractivity contribution in [1.82, 2.24) is 20.0 Å². The molecular weight excluding hydrogens is 434 g/mol. The van der Waals surface area contributed by atoms with Crippen LogP contribution in [0.5, 0.6) is 0 Å². The highest BCUT2D eigenvalue weighted by atomic mass is 35.5. The molecule has 0 amide bonds. The Kier molecular flexibility index (Phi) is 6.76. The average Bonchev–Trinajstić information content (AvgIpc) is 3.54. The Bertz CT molecular complexity index is 1130. The normalized spacial score (nSPS) is 14.6. The van der Waals surface area contributed by atoms with Gasteiger partial charge in [-0.3, -0.25) is 4.90 Å². The van der Waals surface area contributed by atoms with Crippen molar-refractivity contribution in [1.29, 1.82) is 0 Å². The summed E-state index contributed by atoms with van der Waals surface area (Å²) in [6.07, 6.45) is 1.70. The Balaban J connectivity index is 1.13. The van der Waals surface area contributed by atoms with Gasteiger partial charge in [-0.15, -0.1) is 0 Å². The number of nitrogens with zero attached hydrogens (tertiary/aromatic N) is 4. The molecule has 0 spiro atoms. The molecule has 170 valence electrons. The van der Waals surface area contributed by atoms with Gasteiger partial charge in [0.05, 0.1) is 17.6 Å². The Morgan fingerprint density at radius 3 is 2.39 bits per heavy atom. The van der Waals surface area contributed by atoms with Gasteiger partial charge in [-0.25, -0.2) is 4.68 Å². The number of hydrogen-bond acceptors (Lipinski definition) is 5. The summed E-state index contributed by atoms with van der Waals surface area (Å²) < 4.78 is 7.60. The molecule has 0 aliphatic carbocycles. The van der Waals surface area contributed by atoms with Gasteiger partial charge in [-0.2, -0.15) is 5.10 Å². The van der Waals surface area contributed by atoms with E-state index in [1.165, 1.54) is 5.69 Å². The van der Waals surface area contributed by atoms with E-state index in [0.717, 1.165) is 73.7 Å². The van der Waals surface area contributed by atoms with E-state index in [2.05, 4.69) is 45.4 Å². The molecule has 0 atom stereocenters. The number of anilines is 1. The number of furan rings is 1. The summed E-state index contributed by atoms with van der Waals surface area (Å²) in [5.74, 6) is 0.816. The van der Waals surface area contributed by atoms with Crippen LogP contribution < -0.4 is 10.2 Å². The number of nitrogens with one attached hydrogen (secondary N) is 1. The predicted octanol–water partition coefficient (Wildman–Crippen LogP) is 4.70. The second kappa shape index (κ2) is 10.3. The van der Waals surface area contributed by atoms with Gasteiger partial charge in [0.25, 0.3) is 0 Å². The zero-order valence-electron chi connectivity index (χ0n) is 18.5. The van der Waals surface area contributed by atoms with Crippen molar-refractivity contribution in [2.24, 2.45) is 0 Å². The minimum Gasteiger partial charge on any atom is -0.463 e. The van der Waals surface area contributed by atoms with Crippen LogP contribution >= 0.6 is 11.6 Å². The van der Waals surface area contributed by atoms with E-state index in [0.29, 0.717) is 0 Å². The van der Waals surface area contributed by atoms with Crippen molar-refractivity contribution in [3.05, 3.63) is 89.8 Å². The number of benzene rings is 2. The van der Waals surface area contributed by atoms with E-state index in [-0.39, 0.29) is 0 Å². The van der Waals surface area contributed by atoms with Crippen molar-refractivity contribution >= 4 is 17.3 Å². The minimum absolute atomic E-state index is 0.721. The van der Waals surface area contributed by atoms with Crippen molar-refractivity contribution in [2.75, 3.05) is 44.2 Å². The van der Waals surface area contributed by atoms with Crippen LogP contribution in [0.2, 0.25) is 5.02 Å². The third kappa shape index (κ3) is 5.30. The van der Waals surface area contributed by atoms with E-state index >= 15 is 0 Å². The van der Waals surface area contributed by atoms with E-state index in [1.807, 2.05) is 47.1 Å². The smallest absolute Gasteiger partial charge is 0.152 e. The number of hydrogen-bond donors (Lipinski definition) is 1. The highest BCUT2D eigenvalue weighted by Gasteiger charge is 2.17. The molecule has 1 saturated heterocycles. The summed E-state index contributed by atoms with van der Waals surface area (Å²) in [7, 11) is 0. The highest BCUT2D eigenvalue weighted by molar-refractivity contribution is 6.30. The number of rotatable bonds is 8. The maximum absolute atomic E-state index is 6.01. The van der Waals surface area contributed by atoms with Gasteiger partial charge < -0.3 is 14.6 Å². The predicted molar refractivity (Wildman–Crippen MR) is 133 cm³/mol. The van der Waals surface area contributed by atoms with Gasteiger partial charge in [0, 0.05) is 56.5 Å². The standard InChI is InChI=1S/C26H28ClN5O/c27-21-8-10-23(11-9-21)31-16-14-30(15-17-31)13-12-28-20-22-19-25(26-7-4-18-33-26)32(29-22)24-5-2-1-3-6-24/h1-11,18-19,28H,12-17,20H2. The lowest BCUT2D eigenvalue weighted by Crippen LogP contribution is -2.48. The van der Waals surface area contributed by atoms with Gasteiger partial charge in [0.15, 0.2) is 5.76 Å². The first kappa shape index (κ1) is 21.8. The number of aromatic nitrogens is 2. The molecule has 5 rings (SSSR count). The highest BCUT2D eigenvalue weighted by Crippen LogP contribution is 2.24. The molecule has 0 unspecified atom stereocenters. The molecule has 0 radical (unpaired) electrons. The molecule has 0 saturated carbocycles. The Morgan fingerprint density at radius 1 is 0.879 bits per heavy atom. The summed E-state index contributed by atoms with van der Waals surface area (Å²) >= 11 is 6.01. The Morgan fingerprint density at radius 2 is 1.67 bits per heavy atom. The summed E-state index contributed by atoms with van der Waals surface area (Å²) in [6.45, 7) is 6.88. The lowest BCUT2D eigenvalue weighted by atomic mass is 10.2. The van der Waals surface area contributed by atoms with Crippen LogP contribution in [-0.2, 0) is 6.54 Å². The van der Waals surface area contributed by atoms with Crippen LogP contribution in [0.1, 0.15) is 5.69 Å². The average molecular weight is 462 g/mol. The van der Waals surface area contributed by atoms with Gasteiger partial charge in [-0.05, 0) is 54.6 Å². The van der Waals surface area contributed by atoms with Crippen molar-refractivity contribution < 1.29 is 4.42 Å². The molecule has 0 bridgehead atoms. The second-order valence-corrected chi connectivity index (χ2v) is 8.66. The molecule has 3 heterocycles. The lowest BCUT2D eigenvalue weighted by Gasteiger charge is -2.36. The zero-order valence-corrected chi connectivity index (χ0v) is 19.3. The summed E-state index contributed by atoms with van der Waals surface area (Å²) in [5, 5.41) is 9.18. The molecular formula is C26H28ClN5O. The Labute approximate surface area is 199 Å². The number of piperazine rings is 1. The number of halogens is 1. The fourth-order valence-electron chi connectivity index (χ4n) is 4.22. The quantitative estimate of drug-likeness (QED) is 0.385. The first-order valence-electron chi connectivity index (χ1n) is 11.4. The van der Waals surface area contributed by atoms with Gasteiger partial charge >= 0.3 is 0 Å². The van der Waals surface area contributed by atoms with Gasteiger partial charge in [0.1, 0.15) is 5.69 Å². The van der Waals surface area contributed by atoms with Gasteiger partial charge in [-0.1, -0.05) is 29.8 Å². The van der Waals surface area contributed by atoms with Crippen LogP contribution in [0, 0.1) is 0 Å². The topological polar surface area (TPSA) is 49.5 Å². The monoisotopic (exact) mass is 461 g/mol. The minimum atomic E-state index is 0.721. The molecule has 4 aromatic rings. The maximum Gasteiger partial charge on any atom is 0.152 e. The zero-order chi connectivity index (χ0) is 22.5. The SMILES string of the molecule is Clc1ccc(N2CCN(CCNCc3cc(-c4ccco4)n(-c4ccccc4)n3)CC2)cc1. The van der Waals surface area contributed by atoms with Crippen LogP contribution in [0.4, 0.5) is 5.69 Å². The molecule has 2 aromatic carbocycles. The van der Waals surface area contributed by atoms with Crippen molar-refractivity contribution in [3.8, 4) is 17.1 Å². The molecule has 1 aliphatic heterocycles.